The van der Waals surface area contributed by atoms with Gasteiger partial charge in [-0.3, -0.25) is 9.69 Å². The molecule has 38 heavy (non-hydrogen) atoms. The number of rotatable bonds is 5. The van der Waals surface area contributed by atoms with Crippen LogP contribution in [-0.4, -0.2) is 64.9 Å². The molecule has 2 aliphatic carbocycles. The third kappa shape index (κ3) is 5.57. The van der Waals surface area contributed by atoms with Gasteiger partial charge in [0.05, 0.1) is 5.56 Å². The van der Waals surface area contributed by atoms with Crippen LogP contribution in [0.5, 0.6) is 0 Å². The predicted octanol–water partition coefficient (Wildman–Crippen LogP) is 4.25. The Bertz CT molecular complexity index is 1390. The van der Waals surface area contributed by atoms with Gasteiger partial charge in [0.2, 0.25) is 5.95 Å². The Kier molecular flexibility index (Phi) is 6.84. The molecule has 1 amide bonds. The fourth-order valence-corrected chi connectivity index (χ4v) is 5.30. The average Bonchev–Trinajstić information content (AvgIpc) is 3.65. The van der Waals surface area contributed by atoms with Gasteiger partial charge in [0.15, 0.2) is 0 Å². The third-order valence-corrected chi connectivity index (χ3v) is 7.83. The number of amides is 1. The molecule has 3 aliphatic rings. The maximum atomic E-state index is 13.1. The zero-order chi connectivity index (χ0) is 26.1. The molecule has 6 rings (SSSR count). The van der Waals surface area contributed by atoms with E-state index in [1.807, 2.05) is 31.2 Å². The molecule has 1 atom stereocenters. The minimum Gasteiger partial charge on any atom is -0.351 e. The van der Waals surface area contributed by atoms with Crippen molar-refractivity contribution in [1.82, 2.24) is 19.8 Å². The van der Waals surface area contributed by atoms with Crippen LogP contribution in [0.1, 0.15) is 63.5 Å². The van der Waals surface area contributed by atoms with Gasteiger partial charge in [-0.15, -0.1) is 0 Å². The van der Waals surface area contributed by atoms with Crippen molar-refractivity contribution in [2.75, 3.05) is 43.9 Å². The van der Waals surface area contributed by atoms with E-state index >= 15 is 0 Å². The lowest BCUT2D eigenvalue weighted by molar-refractivity contribution is 0.102. The van der Waals surface area contributed by atoms with Gasteiger partial charge < -0.3 is 15.5 Å². The lowest BCUT2D eigenvalue weighted by Crippen LogP contribution is -2.45. The number of aromatic nitrogens is 2. The van der Waals surface area contributed by atoms with Gasteiger partial charge >= 0.3 is 0 Å². The summed E-state index contributed by atoms with van der Waals surface area (Å²) >= 11 is 0. The molecule has 1 aliphatic heterocycles. The first-order valence-corrected chi connectivity index (χ1v) is 13.6. The monoisotopic (exact) mass is 506 g/mol. The quantitative estimate of drug-likeness (QED) is 0.504. The van der Waals surface area contributed by atoms with Gasteiger partial charge in [-0.05, 0) is 80.6 Å². The van der Waals surface area contributed by atoms with Crippen LogP contribution in [0, 0.1) is 18.8 Å². The Morgan fingerprint density at radius 3 is 2.53 bits per heavy atom. The molecule has 0 bridgehead atoms. The fourth-order valence-electron chi connectivity index (χ4n) is 5.30. The Labute approximate surface area is 224 Å². The van der Waals surface area contributed by atoms with Crippen LogP contribution in [0.2, 0.25) is 0 Å². The summed E-state index contributed by atoms with van der Waals surface area (Å²) in [5.74, 6) is 6.93. The number of piperazine rings is 1. The minimum absolute atomic E-state index is 0.0919. The highest BCUT2D eigenvalue weighted by Gasteiger charge is 2.30. The molecule has 194 valence electrons. The number of anilines is 2. The Hall–Kier alpha value is -3.73. The number of carbonyl (C=O) groups excluding carboxylic acids is 1. The van der Waals surface area contributed by atoms with Crippen molar-refractivity contribution in [3.63, 3.8) is 0 Å². The van der Waals surface area contributed by atoms with E-state index in [1.165, 1.54) is 24.0 Å². The van der Waals surface area contributed by atoms with Crippen molar-refractivity contribution in [1.29, 1.82) is 0 Å². The third-order valence-electron chi connectivity index (χ3n) is 7.83. The van der Waals surface area contributed by atoms with E-state index < -0.39 is 0 Å². The number of benzene rings is 2. The van der Waals surface area contributed by atoms with Crippen LogP contribution in [0.4, 0.5) is 11.6 Å². The largest absolute Gasteiger partial charge is 0.351 e. The van der Waals surface area contributed by atoms with Crippen LogP contribution in [0.15, 0.2) is 48.8 Å². The summed E-state index contributed by atoms with van der Waals surface area (Å²) in [6.45, 7) is 6.47. The van der Waals surface area contributed by atoms with Gasteiger partial charge in [-0.2, -0.15) is 0 Å². The minimum atomic E-state index is -0.0919. The molecule has 1 saturated heterocycles. The first kappa shape index (κ1) is 24.6. The molecule has 2 fully saturated rings. The average molecular weight is 507 g/mol. The Morgan fingerprint density at radius 1 is 0.974 bits per heavy atom. The summed E-state index contributed by atoms with van der Waals surface area (Å²) in [6, 6.07) is 13.1. The number of nitrogens with one attached hydrogen (secondary N) is 2. The van der Waals surface area contributed by atoms with Gasteiger partial charge in [0.25, 0.3) is 5.91 Å². The number of fused-ring (bicyclic) bond motifs is 1. The van der Waals surface area contributed by atoms with E-state index in [-0.39, 0.29) is 5.91 Å². The SMILES string of the molecule is Cc1ccc(NC(=O)c2ccc3c(c2)CC[C@@H]3N2CCN(C)CC2)cc1C#Cc1cnc(NC2CC2)nc1. The van der Waals surface area contributed by atoms with E-state index in [0.717, 1.165) is 61.4 Å². The maximum absolute atomic E-state index is 13.1. The predicted molar refractivity (Wildman–Crippen MR) is 150 cm³/mol. The second kappa shape index (κ2) is 10.6. The topological polar surface area (TPSA) is 73.4 Å². The Balaban J connectivity index is 1.12. The smallest absolute Gasteiger partial charge is 0.255 e. The molecule has 1 saturated carbocycles. The summed E-state index contributed by atoms with van der Waals surface area (Å²) < 4.78 is 0. The van der Waals surface area contributed by atoms with Gasteiger partial charge in [0, 0.05) is 67.5 Å². The summed E-state index contributed by atoms with van der Waals surface area (Å²) in [5, 5.41) is 6.35. The lowest BCUT2D eigenvalue weighted by Gasteiger charge is -2.36. The van der Waals surface area contributed by atoms with Crippen LogP contribution in [0.25, 0.3) is 0 Å². The van der Waals surface area contributed by atoms with Crippen molar-refractivity contribution in [2.45, 2.75) is 44.7 Å². The van der Waals surface area contributed by atoms with Crippen molar-refractivity contribution < 1.29 is 4.79 Å². The van der Waals surface area contributed by atoms with E-state index in [1.54, 1.807) is 12.4 Å². The number of likely N-dealkylation sites (N-methyl/N-ethyl adjacent to an activating group) is 1. The first-order valence-electron chi connectivity index (χ1n) is 13.6. The number of nitrogens with zero attached hydrogens (tertiary/aromatic N) is 4. The molecular weight excluding hydrogens is 472 g/mol. The van der Waals surface area contributed by atoms with Crippen LogP contribution < -0.4 is 10.6 Å². The molecule has 2 N–H and O–H groups in total. The van der Waals surface area contributed by atoms with Crippen LogP contribution in [-0.2, 0) is 6.42 Å². The molecule has 0 spiro atoms. The van der Waals surface area contributed by atoms with Gasteiger partial charge in [0.1, 0.15) is 0 Å². The van der Waals surface area contributed by atoms with E-state index in [0.29, 0.717) is 23.6 Å². The molecule has 0 unspecified atom stereocenters. The maximum Gasteiger partial charge on any atom is 0.255 e. The van der Waals surface area contributed by atoms with E-state index in [2.05, 4.69) is 61.4 Å². The highest BCUT2D eigenvalue weighted by Crippen LogP contribution is 2.36. The lowest BCUT2D eigenvalue weighted by atomic mass is 10.0. The van der Waals surface area contributed by atoms with E-state index in [4.69, 9.17) is 0 Å². The highest BCUT2D eigenvalue weighted by molar-refractivity contribution is 6.04. The van der Waals surface area contributed by atoms with Crippen LogP contribution >= 0.6 is 0 Å². The number of aryl methyl sites for hydroxylation is 2. The number of hydrogen-bond donors (Lipinski definition) is 2. The van der Waals surface area contributed by atoms with Crippen LogP contribution in [0.3, 0.4) is 0 Å². The number of hydrogen-bond acceptors (Lipinski definition) is 6. The molecule has 2 aromatic carbocycles. The summed E-state index contributed by atoms with van der Waals surface area (Å²) in [5.41, 5.74) is 6.81. The zero-order valence-corrected chi connectivity index (χ0v) is 22.1. The second-order valence-electron chi connectivity index (χ2n) is 10.8. The van der Waals surface area contributed by atoms with Crippen molar-refractivity contribution in [3.8, 4) is 11.8 Å². The number of carbonyl (C=O) groups is 1. The zero-order valence-electron chi connectivity index (χ0n) is 22.1. The summed E-state index contributed by atoms with van der Waals surface area (Å²) in [6.07, 6.45) is 8.01. The summed E-state index contributed by atoms with van der Waals surface area (Å²) in [7, 11) is 2.19. The van der Waals surface area contributed by atoms with Crippen molar-refractivity contribution in [2.24, 2.45) is 0 Å². The fraction of sp³-hybridized carbons (Fsp3) is 0.387. The molecule has 7 nitrogen and oxygen atoms in total. The molecule has 7 heteroatoms. The highest BCUT2D eigenvalue weighted by atomic mass is 16.1. The summed E-state index contributed by atoms with van der Waals surface area (Å²) in [4.78, 5) is 26.8. The van der Waals surface area contributed by atoms with E-state index in [9.17, 15) is 4.79 Å². The van der Waals surface area contributed by atoms with Crippen molar-refractivity contribution in [3.05, 3.63) is 82.2 Å². The van der Waals surface area contributed by atoms with Crippen molar-refractivity contribution >= 4 is 17.5 Å². The molecule has 1 aromatic heterocycles. The molecule has 0 radical (unpaired) electrons. The normalized spacial score (nSPS) is 19.4. The van der Waals surface area contributed by atoms with Gasteiger partial charge in [-0.1, -0.05) is 24.0 Å². The van der Waals surface area contributed by atoms with Gasteiger partial charge in [-0.25, -0.2) is 9.97 Å². The molecular formula is C31H34N6O. The standard InChI is InChI=1S/C31H34N6O/c1-21-3-8-27(18-23(21)5-4-22-19-32-31(33-20-22)35-26-9-10-26)34-30(38)25-6-11-28-24(17-25)7-12-29(28)37-15-13-36(2)14-16-37/h3,6,8,11,17-20,26,29H,7,9-10,12-16H2,1-2H3,(H,34,38)(H,32,33,35)/t29-/m0/s1. The first-order chi connectivity index (χ1) is 18.5. The molecule has 2 heterocycles. The second-order valence-corrected chi connectivity index (χ2v) is 10.8. The Morgan fingerprint density at radius 2 is 1.76 bits per heavy atom. The molecule has 3 aromatic rings.